The van der Waals surface area contributed by atoms with E-state index >= 15 is 0 Å². The number of carbonyl (C=O) groups excluding carboxylic acids is 1. The molecule has 2 aromatic carbocycles. The Bertz CT molecular complexity index is 995. The molecule has 0 bridgehead atoms. The summed E-state index contributed by atoms with van der Waals surface area (Å²) in [6.07, 6.45) is 0.954. The van der Waals surface area contributed by atoms with Gasteiger partial charge in [-0.05, 0) is 56.7 Å². The summed E-state index contributed by atoms with van der Waals surface area (Å²) < 4.78 is 50.0. The van der Waals surface area contributed by atoms with Gasteiger partial charge in [0, 0.05) is 6.54 Å². The molecule has 7 nitrogen and oxygen atoms in total. The van der Waals surface area contributed by atoms with Gasteiger partial charge < -0.3 is 14.8 Å². The van der Waals surface area contributed by atoms with Crippen LogP contribution in [0.15, 0.2) is 42.5 Å². The molecule has 9 heteroatoms. The Morgan fingerprint density at radius 3 is 2.40 bits per heavy atom. The van der Waals surface area contributed by atoms with Gasteiger partial charge in [0.2, 0.25) is 15.9 Å². The molecule has 1 amide bonds. The van der Waals surface area contributed by atoms with Crippen molar-refractivity contribution in [3.05, 3.63) is 53.8 Å². The number of hydrogen-bond acceptors (Lipinski definition) is 5. The first-order chi connectivity index (χ1) is 14.0. The van der Waals surface area contributed by atoms with Crippen LogP contribution in [-0.2, 0) is 21.4 Å². The van der Waals surface area contributed by atoms with Crippen LogP contribution in [0.3, 0.4) is 0 Å². The molecule has 0 aliphatic carbocycles. The van der Waals surface area contributed by atoms with Gasteiger partial charge in [-0.1, -0.05) is 12.1 Å². The Balaban J connectivity index is 2.16. The first-order valence-corrected chi connectivity index (χ1v) is 11.2. The highest BCUT2D eigenvalue weighted by molar-refractivity contribution is 7.92. The second kappa shape index (κ2) is 9.80. The minimum absolute atomic E-state index is 0.0184. The quantitative estimate of drug-likeness (QED) is 0.650. The number of nitrogens with one attached hydrogen (secondary N) is 1. The van der Waals surface area contributed by atoms with Crippen LogP contribution < -0.4 is 19.1 Å². The summed E-state index contributed by atoms with van der Waals surface area (Å²) >= 11 is 0. The molecule has 164 valence electrons. The van der Waals surface area contributed by atoms with Crippen molar-refractivity contribution in [2.24, 2.45) is 0 Å². The van der Waals surface area contributed by atoms with Crippen LogP contribution >= 0.6 is 0 Å². The number of anilines is 1. The lowest BCUT2D eigenvalue weighted by Gasteiger charge is -2.28. The van der Waals surface area contributed by atoms with Crippen molar-refractivity contribution in [1.82, 2.24) is 5.32 Å². The van der Waals surface area contributed by atoms with Crippen LogP contribution in [0.25, 0.3) is 0 Å². The molecular formula is C21H27FN2O5S. The maximum absolute atomic E-state index is 13.6. The smallest absolute Gasteiger partial charge is 0.243 e. The molecule has 0 radical (unpaired) electrons. The third-order valence-electron chi connectivity index (χ3n) is 4.21. The molecule has 2 aromatic rings. The molecule has 0 unspecified atom stereocenters. The van der Waals surface area contributed by atoms with Gasteiger partial charge in [0.1, 0.15) is 11.9 Å². The van der Waals surface area contributed by atoms with E-state index < -0.39 is 27.8 Å². The average molecular weight is 439 g/mol. The zero-order chi connectivity index (χ0) is 22.5. The van der Waals surface area contributed by atoms with E-state index in [2.05, 4.69) is 5.32 Å². The first kappa shape index (κ1) is 23.5. The third-order valence-corrected chi connectivity index (χ3v) is 5.45. The molecule has 0 fully saturated rings. The van der Waals surface area contributed by atoms with Crippen LogP contribution in [0.2, 0.25) is 0 Å². The van der Waals surface area contributed by atoms with Crippen molar-refractivity contribution < 1.29 is 27.1 Å². The number of rotatable bonds is 9. The predicted molar refractivity (Wildman–Crippen MR) is 114 cm³/mol. The lowest BCUT2D eigenvalue weighted by atomic mass is 10.2. The highest BCUT2D eigenvalue weighted by atomic mass is 32.2. The molecule has 30 heavy (non-hydrogen) atoms. The maximum atomic E-state index is 13.6. The molecule has 0 aliphatic heterocycles. The molecule has 0 aliphatic rings. The van der Waals surface area contributed by atoms with Crippen LogP contribution in [-0.4, -0.2) is 39.8 Å². The van der Waals surface area contributed by atoms with Crippen LogP contribution in [0.5, 0.6) is 11.5 Å². The van der Waals surface area contributed by atoms with E-state index in [0.29, 0.717) is 11.5 Å². The average Bonchev–Trinajstić information content (AvgIpc) is 2.65. The molecule has 1 N–H and O–H groups in total. The lowest BCUT2D eigenvalue weighted by Crippen LogP contribution is -2.47. The van der Waals surface area contributed by atoms with Crippen molar-refractivity contribution >= 4 is 21.6 Å². The summed E-state index contributed by atoms with van der Waals surface area (Å²) in [6, 6.07) is 9.30. The van der Waals surface area contributed by atoms with E-state index in [1.807, 2.05) is 13.8 Å². The summed E-state index contributed by atoms with van der Waals surface area (Å²) in [6.45, 7) is 5.41. The molecule has 0 saturated carbocycles. The van der Waals surface area contributed by atoms with E-state index in [4.69, 9.17) is 9.47 Å². The van der Waals surface area contributed by atoms with Gasteiger partial charge >= 0.3 is 0 Å². The van der Waals surface area contributed by atoms with E-state index in [0.717, 1.165) is 22.2 Å². The summed E-state index contributed by atoms with van der Waals surface area (Å²) in [5.41, 5.74) is 0.831. The molecule has 0 spiro atoms. The van der Waals surface area contributed by atoms with Gasteiger partial charge in [0.25, 0.3) is 0 Å². The standard InChI is InChI=1S/C21H27FN2O5S/c1-14(2)29-19-10-9-16(11-20(19)28-4)13-23-21(25)15(3)24(30(5,26)27)18-8-6-7-17(22)12-18/h6-12,14-15H,13H2,1-5H3,(H,23,25)/t15-/m1/s1. The van der Waals surface area contributed by atoms with E-state index in [1.54, 1.807) is 18.2 Å². The molecule has 0 saturated heterocycles. The van der Waals surface area contributed by atoms with Gasteiger partial charge in [-0.25, -0.2) is 12.8 Å². The molecular weight excluding hydrogens is 411 g/mol. The summed E-state index contributed by atoms with van der Waals surface area (Å²) in [7, 11) is -2.30. The SMILES string of the molecule is COc1cc(CNC(=O)[C@@H](C)N(c2cccc(F)c2)S(C)(=O)=O)ccc1OC(C)C. The van der Waals surface area contributed by atoms with Gasteiger partial charge in [-0.15, -0.1) is 0 Å². The number of nitrogens with zero attached hydrogens (tertiary/aromatic N) is 1. The molecule has 0 aromatic heterocycles. The zero-order valence-electron chi connectivity index (χ0n) is 17.7. The van der Waals surface area contributed by atoms with Gasteiger partial charge in [-0.3, -0.25) is 9.10 Å². The molecule has 0 heterocycles. The largest absolute Gasteiger partial charge is 0.493 e. The molecule has 1 atom stereocenters. The normalized spacial score (nSPS) is 12.4. The van der Waals surface area contributed by atoms with Crippen LogP contribution in [0.1, 0.15) is 26.3 Å². The molecule has 2 rings (SSSR count). The fourth-order valence-electron chi connectivity index (χ4n) is 2.93. The monoisotopic (exact) mass is 438 g/mol. The number of hydrogen-bond donors (Lipinski definition) is 1. The summed E-state index contributed by atoms with van der Waals surface area (Å²) in [5.74, 6) is 0.00189. The van der Waals surface area contributed by atoms with Crippen LogP contribution in [0.4, 0.5) is 10.1 Å². The van der Waals surface area contributed by atoms with Gasteiger partial charge in [-0.2, -0.15) is 0 Å². The minimum atomic E-state index is -3.82. The van der Waals surface area contributed by atoms with E-state index in [1.165, 1.54) is 32.2 Å². The van der Waals surface area contributed by atoms with E-state index in [9.17, 15) is 17.6 Å². The number of carbonyl (C=O) groups is 1. The number of amides is 1. The van der Waals surface area contributed by atoms with Crippen molar-refractivity contribution in [1.29, 1.82) is 0 Å². The Morgan fingerprint density at radius 2 is 1.83 bits per heavy atom. The fraction of sp³-hybridized carbons (Fsp3) is 0.381. The highest BCUT2D eigenvalue weighted by Gasteiger charge is 2.29. The number of halogens is 1. The van der Waals surface area contributed by atoms with Crippen molar-refractivity contribution in [3.63, 3.8) is 0 Å². The Morgan fingerprint density at radius 1 is 1.13 bits per heavy atom. The number of methoxy groups -OCH3 is 1. The number of ether oxygens (including phenoxy) is 2. The van der Waals surface area contributed by atoms with Crippen molar-refractivity contribution in [2.45, 2.75) is 39.5 Å². The second-order valence-corrected chi connectivity index (χ2v) is 8.94. The first-order valence-electron chi connectivity index (χ1n) is 9.39. The topological polar surface area (TPSA) is 84.9 Å². The van der Waals surface area contributed by atoms with Gasteiger partial charge in [0.05, 0.1) is 25.2 Å². The van der Waals surface area contributed by atoms with Gasteiger partial charge in [0.15, 0.2) is 11.5 Å². The third kappa shape index (κ3) is 6.09. The zero-order valence-corrected chi connectivity index (χ0v) is 18.5. The number of sulfonamides is 1. The lowest BCUT2D eigenvalue weighted by molar-refractivity contribution is -0.122. The number of benzene rings is 2. The van der Waals surface area contributed by atoms with Crippen molar-refractivity contribution in [2.75, 3.05) is 17.7 Å². The highest BCUT2D eigenvalue weighted by Crippen LogP contribution is 2.29. The summed E-state index contributed by atoms with van der Waals surface area (Å²) in [5, 5.41) is 2.71. The second-order valence-electron chi connectivity index (χ2n) is 7.08. The fourth-order valence-corrected chi connectivity index (χ4v) is 4.10. The summed E-state index contributed by atoms with van der Waals surface area (Å²) in [4.78, 5) is 12.7. The Kier molecular flexibility index (Phi) is 7.66. The van der Waals surface area contributed by atoms with Crippen LogP contribution in [0, 0.1) is 5.82 Å². The van der Waals surface area contributed by atoms with Crippen molar-refractivity contribution in [3.8, 4) is 11.5 Å². The predicted octanol–water partition coefficient (Wildman–Crippen LogP) is 3.09. The Hall–Kier alpha value is -2.81. The minimum Gasteiger partial charge on any atom is -0.493 e. The Labute approximate surface area is 176 Å². The van der Waals surface area contributed by atoms with E-state index in [-0.39, 0.29) is 18.3 Å². The maximum Gasteiger partial charge on any atom is 0.243 e.